The van der Waals surface area contributed by atoms with E-state index in [2.05, 4.69) is 40.3 Å². The van der Waals surface area contributed by atoms with Gasteiger partial charge in [-0.3, -0.25) is 4.79 Å². The number of benzene rings is 2. The summed E-state index contributed by atoms with van der Waals surface area (Å²) in [6.45, 7) is 0.676. The van der Waals surface area contributed by atoms with E-state index < -0.39 is 0 Å². The van der Waals surface area contributed by atoms with Crippen molar-refractivity contribution in [2.75, 3.05) is 18.6 Å². The van der Waals surface area contributed by atoms with E-state index in [0.29, 0.717) is 6.54 Å². The van der Waals surface area contributed by atoms with Crippen LogP contribution in [0.2, 0.25) is 0 Å². The minimum atomic E-state index is -0.00656. The van der Waals surface area contributed by atoms with Crippen LogP contribution in [0.25, 0.3) is 0 Å². The number of carbonyl (C=O) groups excluding carboxylic acids is 1. The second-order valence-electron chi connectivity index (χ2n) is 7.60. The maximum absolute atomic E-state index is 13.5. The molecule has 0 fully saturated rings. The van der Waals surface area contributed by atoms with E-state index in [-0.39, 0.29) is 17.7 Å². The van der Waals surface area contributed by atoms with Crippen LogP contribution in [0.5, 0.6) is 5.75 Å². The molecular formula is C23H23N3O2. The van der Waals surface area contributed by atoms with Gasteiger partial charge in [0.15, 0.2) is 0 Å². The van der Waals surface area contributed by atoms with Gasteiger partial charge in [-0.25, -0.2) is 4.98 Å². The predicted octanol–water partition coefficient (Wildman–Crippen LogP) is 3.70. The van der Waals surface area contributed by atoms with Crippen molar-refractivity contribution in [3.8, 4) is 5.75 Å². The molecule has 1 aromatic heterocycles. The molecule has 0 spiro atoms. The van der Waals surface area contributed by atoms with E-state index in [9.17, 15) is 4.79 Å². The highest BCUT2D eigenvalue weighted by Crippen LogP contribution is 2.42. The van der Waals surface area contributed by atoms with Gasteiger partial charge >= 0.3 is 0 Å². The largest absolute Gasteiger partial charge is 0.497 e. The molecular weight excluding hydrogens is 350 g/mol. The number of imidazole rings is 1. The van der Waals surface area contributed by atoms with E-state index in [1.165, 1.54) is 16.8 Å². The molecule has 0 bridgehead atoms. The molecule has 2 aliphatic rings. The van der Waals surface area contributed by atoms with Crippen molar-refractivity contribution >= 4 is 11.6 Å². The normalized spacial score (nSPS) is 20.5. The summed E-state index contributed by atoms with van der Waals surface area (Å²) in [6.07, 6.45) is 4.22. The Morgan fingerprint density at radius 3 is 3.00 bits per heavy atom. The van der Waals surface area contributed by atoms with Crippen molar-refractivity contribution in [2.45, 2.75) is 25.2 Å². The van der Waals surface area contributed by atoms with Gasteiger partial charge in [0, 0.05) is 36.2 Å². The monoisotopic (exact) mass is 373 g/mol. The van der Waals surface area contributed by atoms with Crippen molar-refractivity contribution in [3.63, 3.8) is 0 Å². The summed E-state index contributed by atoms with van der Waals surface area (Å²) in [4.78, 5) is 23.0. The molecule has 3 aromatic rings. The minimum Gasteiger partial charge on any atom is -0.497 e. The fourth-order valence-electron chi connectivity index (χ4n) is 4.59. The Bertz CT molecular complexity index is 1030. The fourth-order valence-corrected chi connectivity index (χ4v) is 4.59. The third kappa shape index (κ3) is 2.78. The highest BCUT2D eigenvalue weighted by Gasteiger charge is 2.37. The van der Waals surface area contributed by atoms with Crippen LogP contribution in [0.3, 0.4) is 0 Å². The quantitative estimate of drug-likeness (QED) is 0.762. The summed E-state index contributed by atoms with van der Waals surface area (Å²) in [5.74, 6) is 1.22. The molecule has 28 heavy (non-hydrogen) atoms. The zero-order valence-electron chi connectivity index (χ0n) is 15.9. The smallest absolute Gasteiger partial charge is 0.230 e. The van der Waals surface area contributed by atoms with E-state index in [4.69, 9.17) is 4.74 Å². The van der Waals surface area contributed by atoms with Crippen LogP contribution in [-0.4, -0.2) is 29.5 Å². The van der Waals surface area contributed by atoms with Gasteiger partial charge in [-0.2, -0.15) is 0 Å². The number of aryl methyl sites for hydroxylation is 1. The number of carbonyl (C=O) groups is 1. The Hall–Kier alpha value is -3.08. The molecule has 0 saturated carbocycles. The van der Waals surface area contributed by atoms with Crippen molar-refractivity contribution in [1.82, 2.24) is 9.97 Å². The molecule has 1 N–H and O–H groups in total. The summed E-state index contributed by atoms with van der Waals surface area (Å²) < 4.78 is 5.41. The summed E-state index contributed by atoms with van der Waals surface area (Å²) in [6, 6.07) is 16.4. The van der Waals surface area contributed by atoms with Gasteiger partial charge in [0.2, 0.25) is 5.91 Å². The standard InChI is InChI=1S/C23H23N3O2/c1-28-17-6-4-5-15(11-17)19-13-26(22-8-3-2-7-18(19)22)23(27)16-9-10-20-21(12-16)25-14-24-20/h2-8,11,14,16,19H,9-10,12-13H2,1H3,(H,24,25). The topological polar surface area (TPSA) is 58.2 Å². The van der Waals surface area contributed by atoms with Crippen molar-refractivity contribution in [3.05, 3.63) is 77.4 Å². The van der Waals surface area contributed by atoms with Crippen LogP contribution < -0.4 is 9.64 Å². The SMILES string of the molecule is COc1cccc(C2CN(C(=O)C3CCc4[nH]cnc4C3)c3ccccc32)c1. The number of nitrogens with one attached hydrogen (secondary N) is 1. The lowest BCUT2D eigenvalue weighted by Gasteiger charge is -2.26. The average molecular weight is 373 g/mol. The Labute approximate surface area is 164 Å². The van der Waals surface area contributed by atoms with Crippen molar-refractivity contribution < 1.29 is 9.53 Å². The van der Waals surface area contributed by atoms with Crippen molar-refractivity contribution in [2.24, 2.45) is 5.92 Å². The Kier molecular flexibility index (Phi) is 4.15. The van der Waals surface area contributed by atoms with Crippen molar-refractivity contribution in [1.29, 1.82) is 0 Å². The zero-order valence-corrected chi connectivity index (χ0v) is 15.9. The van der Waals surface area contributed by atoms with Crippen LogP contribution in [0.1, 0.15) is 34.9 Å². The Morgan fingerprint density at radius 2 is 2.11 bits per heavy atom. The van der Waals surface area contributed by atoms with E-state index in [1.807, 2.05) is 23.1 Å². The second-order valence-corrected chi connectivity index (χ2v) is 7.60. The lowest BCUT2D eigenvalue weighted by molar-refractivity contribution is -0.122. The lowest BCUT2D eigenvalue weighted by atomic mass is 9.88. The lowest BCUT2D eigenvalue weighted by Crippen LogP contribution is -2.38. The molecule has 1 aliphatic heterocycles. The van der Waals surface area contributed by atoms with Crippen LogP contribution in [0, 0.1) is 5.92 Å². The number of rotatable bonds is 3. The molecule has 5 heteroatoms. The number of hydrogen-bond donors (Lipinski definition) is 1. The Morgan fingerprint density at radius 1 is 1.21 bits per heavy atom. The van der Waals surface area contributed by atoms with E-state index in [0.717, 1.165) is 36.4 Å². The maximum atomic E-state index is 13.5. The fraction of sp³-hybridized carbons (Fsp3) is 0.304. The first-order valence-electron chi connectivity index (χ1n) is 9.80. The van der Waals surface area contributed by atoms with E-state index in [1.54, 1.807) is 13.4 Å². The molecule has 142 valence electrons. The van der Waals surface area contributed by atoms with Gasteiger partial charge in [-0.15, -0.1) is 0 Å². The molecule has 2 atom stereocenters. The average Bonchev–Trinajstić information content (AvgIpc) is 3.37. The molecule has 5 nitrogen and oxygen atoms in total. The minimum absolute atomic E-state index is 0.00656. The third-order valence-electron chi connectivity index (χ3n) is 6.07. The highest BCUT2D eigenvalue weighted by molar-refractivity contribution is 5.98. The maximum Gasteiger partial charge on any atom is 0.230 e. The second kappa shape index (κ2) is 6.82. The summed E-state index contributed by atoms with van der Waals surface area (Å²) in [5.41, 5.74) is 5.65. The first-order chi connectivity index (χ1) is 13.7. The molecule has 2 heterocycles. The van der Waals surface area contributed by atoms with Crippen LogP contribution >= 0.6 is 0 Å². The number of fused-ring (bicyclic) bond motifs is 2. The molecule has 1 amide bonds. The van der Waals surface area contributed by atoms with Gasteiger partial charge in [0.25, 0.3) is 0 Å². The number of aromatic amines is 1. The van der Waals surface area contributed by atoms with E-state index >= 15 is 0 Å². The predicted molar refractivity (Wildman–Crippen MR) is 108 cm³/mol. The first kappa shape index (κ1) is 17.0. The summed E-state index contributed by atoms with van der Waals surface area (Å²) in [7, 11) is 1.68. The number of H-pyrrole nitrogens is 1. The molecule has 0 saturated heterocycles. The first-order valence-corrected chi connectivity index (χ1v) is 9.80. The third-order valence-corrected chi connectivity index (χ3v) is 6.07. The number of para-hydroxylation sites is 1. The van der Waals surface area contributed by atoms with Gasteiger partial charge < -0.3 is 14.6 Å². The van der Waals surface area contributed by atoms with Crippen LogP contribution in [-0.2, 0) is 17.6 Å². The molecule has 2 aromatic carbocycles. The van der Waals surface area contributed by atoms with Crippen LogP contribution in [0.15, 0.2) is 54.9 Å². The molecule has 1 aliphatic carbocycles. The number of ether oxygens (including phenoxy) is 1. The Balaban J connectivity index is 1.45. The molecule has 5 rings (SSSR count). The van der Waals surface area contributed by atoms with Gasteiger partial charge in [-0.05, 0) is 42.2 Å². The van der Waals surface area contributed by atoms with Gasteiger partial charge in [0.1, 0.15) is 5.75 Å². The number of hydrogen-bond acceptors (Lipinski definition) is 3. The highest BCUT2D eigenvalue weighted by atomic mass is 16.5. The number of aromatic nitrogens is 2. The molecule has 0 radical (unpaired) electrons. The molecule has 2 unspecified atom stereocenters. The zero-order chi connectivity index (χ0) is 19.1. The summed E-state index contributed by atoms with van der Waals surface area (Å²) in [5, 5.41) is 0. The summed E-state index contributed by atoms with van der Waals surface area (Å²) >= 11 is 0. The van der Waals surface area contributed by atoms with Gasteiger partial charge in [-0.1, -0.05) is 30.3 Å². The number of anilines is 1. The number of nitrogens with zero attached hydrogens (tertiary/aromatic N) is 2. The van der Waals surface area contributed by atoms with Gasteiger partial charge in [0.05, 0.1) is 19.1 Å². The number of methoxy groups -OCH3 is 1. The number of amides is 1. The van der Waals surface area contributed by atoms with Crippen LogP contribution in [0.4, 0.5) is 5.69 Å².